The Bertz CT molecular complexity index is 684. The molecule has 8 heteroatoms. The van der Waals surface area contributed by atoms with E-state index in [9.17, 15) is 18.0 Å². The van der Waals surface area contributed by atoms with E-state index in [1.165, 1.54) is 6.07 Å². The van der Waals surface area contributed by atoms with E-state index in [2.05, 4.69) is 10.0 Å². The van der Waals surface area contributed by atoms with E-state index in [0.29, 0.717) is 24.9 Å². The van der Waals surface area contributed by atoms with Crippen LogP contribution in [0.5, 0.6) is 0 Å². The Morgan fingerprint density at radius 3 is 2.82 bits per heavy atom. The number of hydrogen-bond acceptors (Lipinski definition) is 4. The Balaban J connectivity index is 2.10. The minimum absolute atomic E-state index is 0.0684. The van der Waals surface area contributed by atoms with Crippen LogP contribution >= 0.6 is 0 Å². The van der Waals surface area contributed by atoms with E-state index in [4.69, 9.17) is 5.11 Å². The van der Waals surface area contributed by atoms with E-state index < -0.39 is 16.0 Å². The summed E-state index contributed by atoms with van der Waals surface area (Å²) in [5, 5.41) is 11.3. The number of hydrogen-bond donors (Lipinski definition) is 3. The van der Waals surface area contributed by atoms with E-state index in [1.54, 1.807) is 12.1 Å². The fourth-order valence-electron chi connectivity index (χ4n) is 2.25. The third-order valence-corrected chi connectivity index (χ3v) is 4.83. The van der Waals surface area contributed by atoms with Gasteiger partial charge in [0.15, 0.2) is 0 Å². The van der Waals surface area contributed by atoms with Crippen molar-refractivity contribution in [2.75, 3.05) is 11.9 Å². The minimum atomic E-state index is -3.67. The second-order valence-corrected chi connectivity index (χ2v) is 6.88. The first-order valence-electron chi connectivity index (χ1n) is 7.03. The average molecular weight is 326 g/mol. The number of rotatable bonds is 6. The van der Waals surface area contributed by atoms with Gasteiger partial charge in [-0.25, -0.2) is 13.1 Å². The van der Waals surface area contributed by atoms with Crippen molar-refractivity contribution in [2.45, 2.75) is 37.0 Å². The number of fused-ring (bicyclic) bond motifs is 1. The van der Waals surface area contributed by atoms with Crippen LogP contribution in [-0.2, 0) is 26.0 Å². The summed E-state index contributed by atoms with van der Waals surface area (Å²) in [6.45, 7) is 0.0719. The zero-order valence-corrected chi connectivity index (χ0v) is 12.8. The first kappa shape index (κ1) is 16.4. The molecular formula is C14H18N2O5S. The SMILES string of the molecule is O=C(O)CCCNS(=O)(=O)c1ccc2c(c1)CCCC(=O)N2. The van der Waals surface area contributed by atoms with Gasteiger partial charge >= 0.3 is 5.97 Å². The summed E-state index contributed by atoms with van der Waals surface area (Å²) in [5.41, 5.74) is 1.44. The van der Waals surface area contributed by atoms with Crippen LogP contribution in [0.25, 0.3) is 0 Å². The van der Waals surface area contributed by atoms with E-state index >= 15 is 0 Å². The van der Waals surface area contributed by atoms with Gasteiger partial charge in [0.25, 0.3) is 0 Å². The van der Waals surface area contributed by atoms with Crippen molar-refractivity contribution in [3.63, 3.8) is 0 Å². The van der Waals surface area contributed by atoms with E-state index in [1.807, 2.05) is 0 Å². The molecule has 3 N–H and O–H groups in total. The summed E-state index contributed by atoms with van der Waals surface area (Å²) >= 11 is 0. The normalized spacial score (nSPS) is 14.8. The van der Waals surface area contributed by atoms with Crippen molar-refractivity contribution < 1.29 is 23.1 Å². The highest BCUT2D eigenvalue weighted by atomic mass is 32.2. The van der Waals surface area contributed by atoms with Gasteiger partial charge < -0.3 is 10.4 Å². The number of sulfonamides is 1. The van der Waals surface area contributed by atoms with Gasteiger partial charge in [0.1, 0.15) is 0 Å². The van der Waals surface area contributed by atoms with Crippen LogP contribution in [0.2, 0.25) is 0 Å². The second kappa shape index (κ2) is 6.89. The van der Waals surface area contributed by atoms with Crippen LogP contribution in [0.15, 0.2) is 23.1 Å². The zero-order chi connectivity index (χ0) is 16.2. The Morgan fingerprint density at radius 1 is 1.32 bits per heavy atom. The molecule has 0 unspecified atom stereocenters. The number of amides is 1. The lowest BCUT2D eigenvalue weighted by Gasteiger charge is -2.10. The molecular weight excluding hydrogens is 308 g/mol. The minimum Gasteiger partial charge on any atom is -0.481 e. The fourth-order valence-corrected chi connectivity index (χ4v) is 3.37. The number of aryl methyl sites for hydroxylation is 1. The number of aliphatic carboxylic acids is 1. The molecule has 22 heavy (non-hydrogen) atoms. The molecule has 0 spiro atoms. The first-order chi connectivity index (χ1) is 10.4. The number of carbonyl (C=O) groups is 2. The van der Waals surface area contributed by atoms with Crippen LogP contribution in [0.3, 0.4) is 0 Å². The summed E-state index contributed by atoms with van der Waals surface area (Å²) < 4.78 is 26.7. The monoisotopic (exact) mass is 326 g/mol. The van der Waals surface area contributed by atoms with Crippen LogP contribution in [0.4, 0.5) is 5.69 Å². The molecule has 0 radical (unpaired) electrons. The number of carbonyl (C=O) groups excluding carboxylic acids is 1. The summed E-state index contributed by atoms with van der Waals surface area (Å²) in [6.07, 6.45) is 1.88. The molecule has 1 aromatic carbocycles. The molecule has 1 heterocycles. The topological polar surface area (TPSA) is 113 Å². The molecule has 0 saturated carbocycles. The van der Waals surface area contributed by atoms with Gasteiger partial charge in [-0.1, -0.05) is 0 Å². The third kappa shape index (κ3) is 4.28. The second-order valence-electron chi connectivity index (χ2n) is 5.12. The van der Waals surface area contributed by atoms with Gasteiger partial charge in [-0.15, -0.1) is 0 Å². The summed E-state index contributed by atoms with van der Waals surface area (Å²) in [5.74, 6) is -1.03. The lowest BCUT2D eigenvalue weighted by atomic mass is 10.1. The van der Waals surface area contributed by atoms with Crippen molar-refractivity contribution in [3.8, 4) is 0 Å². The molecule has 0 bridgehead atoms. The Labute approximate surface area is 128 Å². The lowest BCUT2D eigenvalue weighted by Crippen LogP contribution is -2.25. The molecule has 1 aromatic rings. The van der Waals surface area contributed by atoms with Crippen molar-refractivity contribution >= 4 is 27.6 Å². The van der Waals surface area contributed by atoms with E-state index in [0.717, 1.165) is 5.56 Å². The standard InChI is InChI=1S/C14H18N2O5S/c17-13-4-1-3-10-9-11(6-7-12(10)16-13)22(20,21)15-8-2-5-14(18)19/h6-7,9,15H,1-5,8H2,(H,16,17)(H,18,19). The fraction of sp³-hybridized carbons (Fsp3) is 0.429. The van der Waals surface area contributed by atoms with Crippen LogP contribution < -0.4 is 10.0 Å². The predicted octanol–water partition coefficient (Wildman–Crippen LogP) is 1.10. The molecule has 7 nitrogen and oxygen atoms in total. The van der Waals surface area contributed by atoms with Crippen molar-refractivity contribution in [3.05, 3.63) is 23.8 Å². The van der Waals surface area contributed by atoms with Crippen LogP contribution in [0.1, 0.15) is 31.2 Å². The van der Waals surface area contributed by atoms with Gasteiger partial charge in [-0.05, 0) is 43.0 Å². The van der Waals surface area contributed by atoms with Gasteiger partial charge in [-0.3, -0.25) is 9.59 Å². The Morgan fingerprint density at radius 2 is 2.09 bits per heavy atom. The van der Waals surface area contributed by atoms with Crippen molar-refractivity contribution in [2.24, 2.45) is 0 Å². The highest BCUT2D eigenvalue weighted by Crippen LogP contribution is 2.25. The largest absolute Gasteiger partial charge is 0.481 e. The number of carboxylic acid groups (broad SMARTS) is 1. The molecule has 0 aliphatic carbocycles. The van der Waals surface area contributed by atoms with E-state index in [-0.39, 0.29) is 30.2 Å². The molecule has 120 valence electrons. The van der Waals surface area contributed by atoms with Gasteiger partial charge in [-0.2, -0.15) is 0 Å². The highest BCUT2D eigenvalue weighted by Gasteiger charge is 2.18. The molecule has 0 aromatic heterocycles. The smallest absolute Gasteiger partial charge is 0.303 e. The average Bonchev–Trinajstić information content (AvgIpc) is 2.63. The maximum Gasteiger partial charge on any atom is 0.303 e. The lowest BCUT2D eigenvalue weighted by molar-refractivity contribution is -0.137. The van der Waals surface area contributed by atoms with Gasteiger partial charge in [0.05, 0.1) is 4.90 Å². The highest BCUT2D eigenvalue weighted by molar-refractivity contribution is 7.89. The molecule has 1 aliphatic heterocycles. The van der Waals surface area contributed by atoms with Crippen molar-refractivity contribution in [1.29, 1.82) is 0 Å². The summed E-state index contributed by atoms with van der Waals surface area (Å²) in [6, 6.07) is 4.58. The number of anilines is 1. The predicted molar refractivity (Wildman–Crippen MR) is 80.1 cm³/mol. The quantitative estimate of drug-likeness (QED) is 0.678. The van der Waals surface area contributed by atoms with Gasteiger partial charge in [0, 0.05) is 25.1 Å². The number of benzene rings is 1. The molecule has 0 atom stereocenters. The molecule has 1 amide bonds. The molecule has 1 aliphatic rings. The Hall–Kier alpha value is -1.93. The third-order valence-electron chi connectivity index (χ3n) is 3.37. The zero-order valence-electron chi connectivity index (χ0n) is 12.0. The summed E-state index contributed by atoms with van der Waals surface area (Å²) in [7, 11) is -3.67. The Kier molecular flexibility index (Phi) is 5.15. The van der Waals surface area contributed by atoms with Crippen LogP contribution in [0, 0.1) is 0 Å². The van der Waals surface area contributed by atoms with Crippen LogP contribution in [-0.4, -0.2) is 31.9 Å². The van der Waals surface area contributed by atoms with Gasteiger partial charge in [0.2, 0.25) is 15.9 Å². The molecule has 0 saturated heterocycles. The maximum atomic E-state index is 12.2. The number of nitrogens with one attached hydrogen (secondary N) is 2. The van der Waals surface area contributed by atoms with Crippen molar-refractivity contribution in [1.82, 2.24) is 4.72 Å². The molecule has 0 fully saturated rings. The molecule has 2 rings (SSSR count). The maximum absolute atomic E-state index is 12.2. The number of carboxylic acids is 1. The summed E-state index contributed by atoms with van der Waals surface area (Å²) in [4.78, 5) is 22.0. The first-order valence-corrected chi connectivity index (χ1v) is 8.51.